The van der Waals surface area contributed by atoms with Crippen molar-refractivity contribution >= 4 is 17.4 Å². The molecule has 94 valence electrons. The van der Waals surface area contributed by atoms with Crippen LogP contribution in [0.3, 0.4) is 0 Å². The van der Waals surface area contributed by atoms with Crippen LogP contribution in [0.1, 0.15) is 19.8 Å². The number of rotatable bonds is 2. The van der Waals surface area contributed by atoms with E-state index in [9.17, 15) is 13.2 Å². The lowest BCUT2D eigenvalue weighted by molar-refractivity contribution is 0.447. The maximum absolute atomic E-state index is 13.5. The van der Waals surface area contributed by atoms with Gasteiger partial charge in [-0.15, -0.1) is 0 Å². The standard InChI is InChI=1S/C12H14F3NS/c1-7-9(3-2-6-17-7)16-10-5-4-8(13)11(14)12(10)15/h4-5,7,9,16H,2-3,6H2,1H3. The number of hydrogen-bond acceptors (Lipinski definition) is 2. The summed E-state index contributed by atoms with van der Waals surface area (Å²) in [6.07, 6.45) is 1.98. The first-order chi connectivity index (χ1) is 8.09. The van der Waals surface area contributed by atoms with Crippen molar-refractivity contribution in [2.45, 2.75) is 31.1 Å². The Morgan fingerprint density at radius 3 is 2.71 bits per heavy atom. The largest absolute Gasteiger partial charge is 0.379 e. The van der Waals surface area contributed by atoms with Gasteiger partial charge in [-0.25, -0.2) is 13.2 Å². The fraction of sp³-hybridized carbons (Fsp3) is 0.500. The molecule has 0 saturated carbocycles. The first kappa shape index (κ1) is 12.6. The second-order valence-corrected chi connectivity index (χ2v) is 5.68. The average Bonchev–Trinajstić information content (AvgIpc) is 2.32. The Labute approximate surface area is 103 Å². The van der Waals surface area contributed by atoms with Gasteiger partial charge in [0.1, 0.15) is 0 Å². The SMILES string of the molecule is CC1SCCCC1Nc1ccc(F)c(F)c1F. The highest BCUT2D eigenvalue weighted by atomic mass is 32.2. The Morgan fingerprint density at radius 1 is 1.24 bits per heavy atom. The third-order valence-electron chi connectivity index (χ3n) is 2.98. The minimum absolute atomic E-state index is 0.0447. The zero-order valence-corrected chi connectivity index (χ0v) is 10.3. The molecule has 0 aromatic heterocycles. The molecule has 1 saturated heterocycles. The number of anilines is 1. The van der Waals surface area contributed by atoms with Gasteiger partial charge in [-0.05, 0) is 30.7 Å². The molecule has 17 heavy (non-hydrogen) atoms. The third-order valence-corrected chi connectivity index (χ3v) is 4.36. The lowest BCUT2D eigenvalue weighted by atomic mass is 10.1. The predicted molar refractivity (Wildman–Crippen MR) is 64.9 cm³/mol. The van der Waals surface area contributed by atoms with E-state index in [1.54, 1.807) is 11.8 Å². The predicted octanol–water partition coefficient (Wildman–Crippen LogP) is 3.80. The smallest absolute Gasteiger partial charge is 0.196 e. The maximum atomic E-state index is 13.5. The Morgan fingerprint density at radius 2 is 2.00 bits per heavy atom. The van der Waals surface area contributed by atoms with Crippen LogP contribution >= 0.6 is 11.8 Å². The average molecular weight is 261 g/mol. The highest BCUT2D eigenvalue weighted by molar-refractivity contribution is 8.00. The molecule has 1 heterocycles. The van der Waals surface area contributed by atoms with Gasteiger partial charge in [-0.3, -0.25) is 0 Å². The molecular formula is C12H14F3NS. The van der Waals surface area contributed by atoms with E-state index >= 15 is 0 Å². The van der Waals surface area contributed by atoms with Crippen LogP contribution in [0.25, 0.3) is 0 Å². The molecule has 1 aliphatic rings. The Hall–Kier alpha value is -0.840. The van der Waals surface area contributed by atoms with Gasteiger partial charge in [0.25, 0.3) is 0 Å². The molecule has 2 atom stereocenters. The molecular weight excluding hydrogens is 247 g/mol. The number of benzene rings is 1. The molecule has 2 unspecified atom stereocenters. The quantitative estimate of drug-likeness (QED) is 0.813. The zero-order valence-electron chi connectivity index (χ0n) is 9.47. The van der Waals surface area contributed by atoms with Gasteiger partial charge in [0.15, 0.2) is 17.5 Å². The monoisotopic (exact) mass is 261 g/mol. The summed E-state index contributed by atoms with van der Waals surface area (Å²) in [5.74, 6) is -2.60. The topological polar surface area (TPSA) is 12.0 Å². The van der Waals surface area contributed by atoms with E-state index in [1.165, 1.54) is 6.07 Å². The molecule has 1 nitrogen and oxygen atoms in total. The summed E-state index contributed by atoms with van der Waals surface area (Å²) in [7, 11) is 0. The Bertz CT molecular complexity index is 411. The van der Waals surface area contributed by atoms with Crippen LogP contribution in [0.4, 0.5) is 18.9 Å². The molecule has 0 amide bonds. The van der Waals surface area contributed by atoms with E-state index in [0.717, 1.165) is 24.7 Å². The second kappa shape index (κ2) is 5.21. The summed E-state index contributed by atoms with van der Waals surface area (Å²) in [5, 5.41) is 3.31. The lowest BCUT2D eigenvalue weighted by Gasteiger charge is -2.30. The normalized spacial score (nSPS) is 24.7. The van der Waals surface area contributed by atoms with Crippen molar-refractivity contribution < 1.29 is 13.2 Å². The number of thioether (sulfide) groups is 1. The molecule has 1 aromatic rings. The van der Waals surface area contributed by atoms with Crippen molar-refractivity contribution in [1.82, 2.24) is 0 Å². The molecule has 2 rings (SSSR count). The van der Waals surface area contributed by atoms with Crippen molar-refractivity contribution in [3.05, 3.63) is 29.6 Å². The summed E-state index contributed by atoms with van der Waals surface area (Å²) in [4.78, 5) is 0. The van der Waals surface area contributed by atoms with Gasteiger partial charge in [0.05, 0.1) is 5.69 Å². The number of hydrogen-bond donors (Lipinski definition) is 1. The molecule has 0 spiro atoms. The van der Waals surface area contributed by atoms with Gasteiger partial charge in [-0.2, -0.15) is 11.8 Å². The zero-order chi connectivity index (χ0) is 12.4. The summed E-state index contributed by atoms with van der Waals surface area (Å²) in [5.41, 5.74) is 0.0447. The van der Waals surface area contributed by atoms with Crippen molar-refractivity contribution in [1.29, 1.82) is 0 Å². The van der Waals surface area contributed by atoms with Crippen LogP contribution in [0.2, 0.25) is 0 Å². The Kier molecular flexibility index (Phi) is 3.86. The lowest BCUT2D eigenvalue weighted by Crippen LogP contribution is -2.33. The van der Waals surface area contributed by atoms with E-state index in [0.29, 0.717) is 5.25 Å². The van der Waals surface area contributed by atoms with Crippen molar-refractivity contribution in [2.75, 3.05) is 11.1 Å². The first-order valence-electron chi connectivity index (χ1n) is 5.61. The van der Waals surface area contributed by atoms with Crippen molar-refractivity contribution in [3.8, 4) is 0 Å². The molecule has 1 aliphatic heterocycles. The third kappa shape index (κ3) is 2.70. The van der Waals surface area contributed by atoms with E-state index in [4.69, 9.17) is 0 Å². The summed E-state index contributed by atoms with van der Waals surface area (Å²) in [6.45, 7) is 2.05. The summed E-state index contributed by atoms with van der Waals surface area (Å²) < 4.78 is 39.3. The molecule has 0 radical (unpaired) electrons. The van der Waals surface area contributed by atoms with Crippen LogP contribution in [-0.2, 0) is 0 Å². The number of halogens is 3. The minimum atomic E-state index is -1.41. The van der Waals surface area contributed by atoms with Gasteiger partial charge >= 0.3 is 0 Å². The van der Waals surface area contributed by atoms with E-state index < -0.39 is 17.5 Å². The summed E-state index contributed by atoms with van der Waals surface area (Å²) >= 11 is 1.81. The minimum Gasteiger partial charge on any atom is -0.379 e. The molecule has 1 N–H and O–H groups in total. The van der Waals surface area contributed by atoms with Crippen LogP contribution in [0.5, 0.6) is 0 Å². The number of nitrogens with one attached hydrogen (secondary N) is 1. The Balaban J connectivity index is 2.15. The molecule has 5 heteroatoms. The molecule has 0 bridgehead atoms. The van der Waals surface area contributed by atoms with E-state index in [-0.39, 0.29) is 11.7 Å². The fourth-order valence-corrected chi connectivity index (χ4v) is 3.09. The van der Waals surface area contributed by atoms with Gasteiger partial charge in [-0.1, -0.05) is 6.92 Å². The van der Waals surface area contributed by atoms with Crippen LogP contribution < -0.4 is 5.32 Å². The maximum Gasteiger partial charge on any atom is 0.196 e. The van der Waals surface area contributed by atoms with Crippen molar-refractivity contribution in [3.63, 3.8) is 0 Å². The van der Waals surface area contributed by atoms with Gasteiger partial charge in [0.2, 0.25) is 0 Å². The molecule has 1 aromatic carbocycles. The van der Waals surface area contributed by atoms with Crippen LogP contribution in [0.15, 0.2) is 12.1 Å². The second-order valence-electron chi connectivity index (χ2n) is 4.19. The fourth-order valence-electron chi connectivity index (χ4n) is 1.95. The van der Waals surface area contributed by atoms with Crippen LogP contribution in [-0.4, -0.2) is 17.0 Å². The van der Waals surface area contributed by atoms with Gasteiger partial charge in [0, 0.05) is 11.3 Å². The van der Waals surface area contributed by atoms with E-state index in [1.807, 2.05) is 0 Å². The highest BCUT2D eigenvalue weighted by Gasteiger charge is 2.23. The summed E-state index contributed by atoms with van der Waals surface area (Å²) in [6, 6.07) is 2.30. The van der Waals surface area contributed by atoms with E-state index in [2.05, 4.69) is 12.2 Å². The van der Waals surface area contributed by atoms with Crippen LogP contribution in [0, 0.1) is 17.5 Å². The van der Waals surface area contributed by atoms with Gasteiger partial charge < -0.3 is 5.32 Å². The molecule has 1 fully saturated rings. The first-order valence-corrected chi connectivity index (χ1v) is 6.66. The molecule has 0 aliphatic carbocycles. The van der Waals surface area contributed by atoms with Crippen molar-refractivity contribution in [2.24, 2.45) is 0 Å². The highest BCUT2D eigenvalue weighted by Crippen LogP contribution is 2.29.